The van der Waals surface area contributed by atoms with Crippen LogP contribution >= 0.6 is 0 Å². The Balaban J connectivity index is 0.00000169. The maximum Gasteiger partial charge on any atom is -1.00 e. The van der Waals surface area contributed by atoms with Gasteiger partial charge in [-0.25, -0.2) is 0 Å². The van der Waals surface area contributed by atoms with Crippen molar-refractivity contribution < 1.29 is 46.4 Å². The van der Waals surface area contributed by atoms with Crippen molar-refractivity contribution in [2.45, 2.75) is 44.8 Å². The molecule has 139 valence electrons. The molecule has 0 radical (unpaired) electrons. The minimum absolute atomic E-state index is 0. The van der Waals surface area contributed by atoms with Crippen LogP contribution in [0.4, 0.5) is 0 Å². The van der Waals surface area contributed by atoms with E-state index in [9.17, 15) is 0 Å². The van der Waals surface area contributed by atoms with Crippen molar-refractivity contribution in [3.8, 4) is 0 Å². The monoisotopic (exact) mass is 425 g/mol. The van der Waals surface area contributed by atoms with Crippen LogP contribution < -0.4 is 28.7 Å². The van der Waals surface area contributed by atoms with E-state index < -0.39 is 18.3 Å². The van der Waals surface area contributed by atoms with Gasteiger partial charge in [-0.15, -0.1) is 0 Å². The van der Waals surface area contributed by atoms with Crippen LogP contribution in [-0.4, -0.2) is 7.11 Å². The molecule has 0 saturated heterocycles. The van der Waals surface area contributed by atoms with Gasteiger partial charge in [-0.3, -0.25) is 0 Å². The van der Waals surface area contributed by atoms with Gasteiger partial charge in [-0.05, 0) is 0 Å². The molecule has 0 aromatic heterocycles. The van der Waals surface area contributed by atoms with Gasteiger partial charge < -0.3 is 24.8 Å². The molecule has 4 heteroatoms. The number of halogens is 2. The predicted molar refractivity (Wildman–Crippen MR) is 101 cm³/mol. The Kier molecular flexibility index (Phi) is 8.20. The standard InChI is InChI=1S/C17H15.C4H9.CH3O.2ClH.Ti/c1-12-9-13(2)17(10-12)16-8-7-14-5-3-4-6-15(14)11-16;1-4(2)3;1-2;;;/h3-9H,10H2,1-2H3;1-3H3;1H3;2*1H;/q;;-1;;;+3/p-2. The maximum absolute atomic E-state index is 6.20. The number of benzene rings is 2. The second-order valence-corrected chi connectivity index (χ2v) is 12.6. The van der Waals surface area contributed by atoms with Gasteiger partial charge in [0.05, 0.1) is 0 Å². The topological polar surface area (TPSA) is 9.23 Å². The average Bonchev–Trinajstić information content (AvgIpc) is 2.85. The molecule has 1 aliphatic carbocycles. The summed E-state index contributed by atoms with van der Waals surface area (Å²) >= 11 is -1.94. The van der Waals surface area contributed by atoms with Gasteiger partial charge in [0.15, 0.2) is 0 Å². The summed E-state index contributed by atoms with van der Waals surface area (Å²) < 4.78 is 7.90. The Morgan fingerprint density at radius 1 is 0.962 bits per heavy atom. The summed E-state index contributed by atoms with van der Waals surface area (Å²) in [6, 6.07) is 13.4. The number of fused-ring (bicyclic) bond motifs is 1. The number of hydrogen-bond donors (Lipinski definition) is 0. The molecule has 26 heavy (non-hydrogen) atoms. The quantitative estimate of drug-likeness (QED) is 0.628. The van der Waals surface area contributed by atoms with Crippen LogP contribution in [0.5, 0.6) is 0 Å². The molecule has 0 aliphatic heterocycles. The molecule has 0 unspecified atom stereocenters. The molecule has 0 N–H and O–H groups in total. The second-order valence-electron chi connectivity index (χ2n) is 7.82. The van der Waals surface area contributed by atoms with Gasteiger partial charge in [-0.2, -0.15) is 0 Å². The molecule has 0 atom stereocenters. The number of allylic oxidation sites excluding steroid dienone is 4. The largest absolute Gasteiger partial charge is 1.00 e. The first-order valence-electron chi connectivity index (χ1n) is 8.63. The molecule has 3 rings (SSSR count). The van der Waals surface area contributed by atoms with Crippen LogP contribution in [-0.2, 0) is 21.6 Å². The van der Waals surface area contributed by atoms with E-state index in [-0.39, 0.29) is 28.5 Å². The summed E-state index contributed by atoms with van der Waals surface area (Å²) in [4.78, 5) is 0. The van der Waals surface area contributed by atoms with E-state index in [0.717, 1.165) is 6.42 Å². The summed E-state index contributed by atoms with van der Waals surface area (Å²) in [7, 11) is 1.91. The molecule has 0 bridgehead atoms. The molecule has 2 aromatic carbocycles. The molecule has 0 saturated carbocycles. The normalized spacial score (nSPS) is 14.0. The number of rotatable bonds is 3. The molecular formula is C22H27Cl2OTi. The zero-order chi connectivity index (χ0) is 17.5. The van der Waals surface area contributed by atoms with Gasteiger partial charge in [0, 0.05) is 0 Å². The summed E-state index contributed by atoms with van der Waals surface area (Å²) in [6.07, 6.45) is 3.40. The Morgan fingerprint density at radius 3 is 2.15 bits per heavy atom. The second kappa shape index (κ2) is 9.08. The third-order valence-corrected chi connectivity index (χ3v) is 9.08. The van der Waals surface area contributed by atoms with Crippen molar-refractivity contribution in [3.05, 3.63) is 59.2 Å². The Labute approximate surface area is 177 Å². The first kappa shape index (κ1) is 23.5. The molecule has 1 nitrogen and oxygen atoms in total. The minimum atomic E-state index is -1.94. The van der Waals surface area contributed by atoms with E-state index in [2.05, 4.69) is 77.1 Å². The molecule has 0 heterocycles. The third kappa shape index (κ3) is 4.46. The first-order valence-corrected chi connectivity index (χ1v) is 10.8. The van der Waals surface area contributed by atoms with Gasteiger partial charge in [0.1, 0.15) is 0 Å². The number of hydrogen-bond acceptors (Lipinski definition) is 1. The summed E-state index contributed by atoms with van der Waals surface area (Å²) in [6.45, 7) is 11.5. The predicted octanol–water partition coefficient (Wildman–Crippen LogP) is -0.00540. The Morgan fingerprint density at radius 2 is 1.62 bits per heavy atom. The fourth-order valence-corrected chi connectivity index (χ4v) is 7.72. The van der Waals surface area contributed by atoms with E-state index in [4.69, 9.17) is 3.32 Å². The summed E-state index contributed by atoms with van der Waals surface area (Å²) in [5, 5.41) is 2.70. The zero-order valence-electron chi connectivity index (χ0n) is 16.4. The van der Waals surface area contributed by atoms with Gasteiger partial charge in [0.2, 0.25) is 0 Å². The van der Waals surface area contributed by atoms with Crippen LogP contribution in [0.15, 0.2) is 53.6 Å². The van der Waals surface area contributed by atoms with E-state index in [1.54, 1.807) is 0 Å². The first-order chi connectivity index (χ1) is 11.3. The SMILES string of the molecule is C[O][Ti+2]([c]1c(C2=C(C)C=C(C)C2)ccc2ccccc12)[C](C)(C)C.[Cl-].[Cl-]. The van der Waals surface area contributed by atoms with Crippen molar-refractivity contribution in [1.82, 2.24) is 0 Å². The average molecular weight is 426 g/mol. The van der Waals surface area contributed by atoms with Crippen molar-refractivity contribution in [2.75, 3.05) is 7.11 Å². The van der Waals surface area contributed by atoms with Gasteiger partial charge >= 0.3 is 153 Å². The zero-order valence-corrected chi connectivity index (χ0v) is 19.5. The summed E-state index contributed by atoms with van der Waals surface area (Å²) in [5.74, 6) is 0. The van der Waals surface area contributed by atoms with Crippen molar-refractivity contribution in [2.24, 2.45) is 0 Å². The van der Waals surface area contributed by atoms with Crippen LogP contribution in [0.1, 0.15) is 46.6 Å². The molecule has 0 fully saturated rings. The van der Waals surface area contributed by atoms with Crippen molar-refractivity contribution >= 4 is 20.2 Å². The maximum atomic E-state index is 6.20. The minimum Gasteiger partial charge on any atom is -1.00 e. The molecule has 0 spiro atoms. The van der Waals surface area contributed by atoms with Crippen LogP contribution in [0.3, 0.4) is 0 Å². The fourth-order valence-electron chi connectivity index (χ4n) is 3.78. The van der Waals surface area contributed by atoms with Crippen LogP contribution in [0.25, 0.3) is 16.3 Å². The van der Waals surface area contributed by atoms with Crippen molar-refractivity contribution in [1.29, 1.82) is 0 Å². The van der Waals surface area contributed by atoms with Gasteiger partial charge in [0.25, 0.3) is 0 Å². The van der Waals surface area contributed by atoms with E-state index in [0.29, 0.717) is 0 Å². The third-order valence-electron chi connectivity index (χ3n) is 4.76. The molecule has 0 amide bonds. The van der Waals surface area contributed by atoms with E-state index in [1.165, 1.54) is 36.9 Å². The summed E-state index contributed by atoms with van der Waals surface area (Å²) in [5.41, 5.74) is 5.77. The fraction of sp³-hybridized carbons (Fsp3) is 0.364. The van der Waals surface area contributed by atoms with E-state index >= 15 is 0 Å². The van der Waals surface area contributed by atoms with Crippen LogP contribution in [0.2, 0.25) is 3.72 Å². The van der Waals surface area contributed by atoms with E-state index in [1.807, 2.05) is 7.11 Å². The smallest absolute Gasteiger partial charge is 1.00 e. The molecule has 1 aliphatic rings. The van der Waals surface area contributed by atoms with Crippen molar-refractivity contribution in [3.63, 3.8) is 0 Å². The van der Waals surface area contributed by atoms with Gasteiger partial charge in [-0.1, -0.05) is 0 Å². The molecular weight excluding hydrogens is 399 g/mol. The molecule has 2 aromatic rings. The Hall–Kier alpha value is -0.566. The Bertz CT molecular complexity index is 847. The van der Waals surface area contributed by atoms with Crippen LogP contribution in [0, 0.1) is 0 Å².